The van der Waals surface area contributed by atoms with Crippen molar-refractivity contribution in [2.75, 3.05) is 6.61 Å². The summed E-state index contributed by atoms with van der Waals surface area (Å²) in [5, 5.41) is 0.509. The summed E-state index contributed by atoms with van der Waals surface area (Å²) in [5.41, 5.74) is 7.21. The van der Waals surface area contributed by atoms with Crippen molar-refractivity contribution in [2.24, 2.45) is 5.73 Å². The molecule has 1 unspecified atom stereocenters. The highest BCUT2D eigenvalue weighted by atomic mass is 35.5. The van der Waals surface area contributed by atoms with Crippen LogP contribution in [0.15, 0.2) is 12.1 Å². The number of benzene rings is 1. The van der Waals surface area contributed by atoms with Crippen LogP contribution >= 0.6 is 11.6 Å². The molecule has 1 rings (SSSR count). The van der Waals surface area contributed by atoms with Gasteiger partial charge in [0.2, 0.25) is 0 Å². The quantitative estimate of drug-likeness (QED) is 0.836. The lowest BCUT2D eigenvalue weighted by Gasteiger charge is -2.12. The average Bonchev–Trinajstić information content (AvgIpc) is 2.31. The molecule has 18 heavy (non-hydrogen) atoms. The number of hydrogen-bond acceptors (Lipinski definition) is 4. The van der Waals surface area contributed by atoms with Gasteiger partial charge in [0, 0.05) is 0 Å². The highest BCUT2D eigenvalue weighted by molar-refractivity contribution is 6.32. The van der Waals surface area contributed by atoms with Crippen LogP contribution in [0.25, 0.3) is 0 Å². The van der Waals surface area contributed by atoms with E-state index >= 15 is 0 Å². The molecule has 1 aromatic rings. The molecule has 0 aromatic heterocycles. The highest BCUT2D eigenvalue weighted by Crippen LogP contribution is 2.28. The molecule has 0 fully saturated rings. The summed E-state index contributed by atoms with van der Waals surface area (Å²) in [6.45, 7) is 6.11. The van der Waals surface area contributed by atoms with Gasteiger partial charge in [0.05, 0.1) is 11.6 Å². The molecule has 0 aliphatic heterocycles. The van der Waals surface area contributed by atoms with Crippen molar-refractivity contribution in [2.45, 2.75) is 33.4 Å². The molecular formula is C13H18ClNO3. The molecule has 0 aliphatic carbocycles. The maximum absolute atomic E-state index is 11.3. The van der Waals surface area contributed by atoms with Gasteiger partial charge in [0.25, 0.3) is 0 Å². The van der Waals surface area contributed by atoms with Crippen LogP contribution in [0.4, 0.5) is 0 Å². The van der Waals surface area contributed by atoms with E-state index < -0.39 is 12.0 Å². The molecule has 2 N–H and O–H groups in total. The largest absolute Gasteiger partial charge is 0.492 e. The van der Waals surface area contributed by atoms with Gasteiger partial charge in [-0.2, -0.15) is 0 Å². The number of esters is 1. The Hall–Kier alpha value is -1.26. The van der Waals surface area contributed by atoms with E-state index in [4.69, 9.17) is 26.8 Å². The maximum Gasteiger partial charge on any atom is 0.322 e. The van der Waals surface area contributed by atoms with Crippen LogP contribution in [-0.4, -0.2) is 18.6 Å². The Morgan fingerprint density at radius 1 is 1.50 bits per heavy atom. The Morgan fingerprint density at radius 2 is 2.17 bits per heavy atom. The van der Waals surface area contributed by atoms with E-state index in [0.717, 1.165) is 11.1 Å². The number of hydrogen-bond donors (Lipinski definition) is 1. The second-order valence-corrected chi connectivity index (χ2v) is 4.45. The first-order valence-electron chi connectivity index (χ1n) is 5.79. The lowest BCUT2D eigenvalue weighted by Crippen LogP contribution is -2.28. The smallest absolute Gasteiger partial charge is 0.322 e. The Kier molecular flexibility index (Phi) is 5.44. The SMILES string of the molecule is CCOc1cc(C)c(COC(=O)C(C)N)cc1Cl. The van der Waals surface area contributed by atoms with E-state index in [2.05, 4.69) is 0 Å². The predicted octanol–water partition coefficient (Wildman–Crippen LogP) is 2.44. The molecule has 0 heterocycles. The molecule has 100 valence electrons. The first-order chi connectivity index (χ1) is 8.45. The number of nitrogens with two attached hydrogens (primary N) is 1. The Bertz CT molecular complexity index is 432. The zero-order valence-corrected chi connectivity index (χ0v) is 11.6. The third kappa shape index (κ3) is 3.89. The van der Waals surface area contributed by atoms with Gasteiger partial charge in [0.15, 0.2) is 0 Å². The molecule has 1 aromatic carbocycles. The number of carbonyl (C=O) groups is 1. The lowest BCUT2D eigenvalue weighted by molar-refractivity contribution is -0.146. The minimum atomic E-state index is -0.622. The monoisotopic (exact) mass is 271 g/mol. The van der Waals surface area contributed by atoms with Crippen LogP contribution < -0.4 is 10.5 Å². The van der Waals surface area contributed by atoms with E-state index in [1.807, 2.05) is 19.9 Å². The van der Waals surface area contributed by atoms with Gasteiger partial charge in [-0.05, 0) is 44.0 Å². The van der Waals surface area contributed by atoms with E-state index in [1.165, 1.54) is 0 Å². The van der Waals surface area contributed by atoms with Crippen LogP contribution in [0, 0.1) is 6.92 Å². The fourth-order valence-corrected chi connectivity index (χ4v) is 1.64. The highest BCUT2D eigenvalue weighted by Gasteiger charge is 2.11. The van der Waals surface area contributed by atoms with Crippen molar-refractivity contribution in [3.63, 3.8) is 0 Å². The standard InChI is InChI=1S/C13H18ClNO3/c1-4-17-12-5-8(2)10(6-11(12)14)7-18-13(16)9(3)15/h5-6,9H,4,7,15H2,1-3H3. The van der Waals surface area contributed by atoms with Crippen LogP contribution in [0.5, 0.6) is 5.75 Å². The van der Waals surface area contributed by atoms with Gasteiger partial charge >= 0.3 is 5.97 Å². The fraction of sp³-hybridized carbons (Fsp3) is 0.462. The molecule has 4 nitrogen and oxygen atoms in total. The van der Waals surface area contributed by atoms with Crippen molar-refractivity contribution in [3.05, 3.63) is 28.3 Å². The second-order valence-electron chi connectivity index (χ2n) is 4.04. The zero-order chi connectivity index (χ0) is 13.7. The minimum absolute atomic E-state index is 0.165. The summed E-state index contributed by atoms with van der Waals surface area (Å²) in [6, 6.07) is 2.96. The van der Waals surface area contributed by atoms with Crippen molar-refractivity contribution in [1.29, 1.82) is 0 Å². The average molecular weight is 272 g/mol. The van der Waals surface area contributed by atoms with Crippen molar-refractivity contribution in [3.8, 4) is 5.75 Å². The van der Waals surface area contributed by atoms with Crippen molar-refractivity contribution < 1.29 is 14.3 Å². The maximum atomic E-state index is 11.3. The van der Waals surface area contributed by atoms with E-state index in [9.17, 15) is 4.79 Å². The van der Waals surface area contributed by atoms with Crippen LogP contribution in [0.3, 0.4) is 0 Å². The number of rotatable bonds is 5. The van der Waals surface area contributed by atoms with Crippen molar-refractivity contribution in [1.82, 2.24) is 0 Å². The molecule has 0 radical (unpaired) electrons. The van der Waals surface area contributed by atoms with Gasteiger partial charge in [-0.3, -0.25) is 4.79 Å². The summed E-state index contributed by atoms with van der Waals surface area (Å²) in [4.78, 5) is 11.3. The molecule has 0 spiro atoms. The van der Waals surface area contributed by atoms with Gasteiger partial charge < -0.3 is 15.2 Å². The summed E-state index contributed by atoms with van der Waals surface area (Å²) >= 11 is 6.07. The molecule has 5 heteroatoms. The molecule has 0 saturated carbocycles. The third-order valence-electron chi connectivity index (χ3n) is 2.43. The van der Waals surface area contributed by atoms with Gasteiger partial charge in [-0.25, -0.2) is 0 Å². The lowest BCUT2D eigenvalue weighted by atomic mass is 10.1. The van der Waals surface area contributed by atoms with E-state index in [1.54, 1.807) is 13.0 Å². The summed E-state index contributed by atoms with van der Waals surface area (Å²) < 4.78 is 10.4. The molecule has 1 atom stereocenters. The van der Waals surface area contributed by atoms with Gasteiger partial charge in [-0.15, -0.1) is 0 Å². The second kappa shape index (κ2) is 6.61. The fourth-order valence-electron chi connectivity index (χ4n) is 1.40. The number of halogens is 1. The number of ether oxygens (including phenoxy) is 2. The summed E-state index contributed by atoms with van der Waals surface area (Å²) in [6.07, 6.45) is 0. The summed E-state index contributed by atoms with van der Waals surface area (Å²) in [7, 11) is 0. The Balaban J connectivity index is 2.78. The Morgan fingerprint density at radius 3 is 2.72 bits per heavy atom. The Labute approximate surface area is 112 Å². The first-order valence-corrected chi connectivity index (χ1v) is 6.17. The van der Waals surface area contributed by atoms with E-state index in [-0.39, 0.29) is 6.61 Å². The molecular weight excluding hydrogens is 254 g/mol. The molecule has 0 saturated heterocycles. The normalized spacial score (nSPS) is 12.1. The van der Waals surface area contributed by atoms with Crippen LogP contribution in [-0.2, 0) is 16.1 Å². The van der Waals surface area contributed by atoms with Crippen molar-refractivity contribution >= 4 is 17.6 Å². The van der Waals surface area contributed by atoms with E-state index in [0.29, 0.717) is 17.4 Å². The van der Waals surface area contributed by atoms with Crippen LogP contribution in [0.1, 0.15) is 25.0 Å². The number of carbonyl (C=O) groups excluding carboxylic acids is 1. The zero-order valence-electron chi connectivity index (χ0n) is 10.8. The number of aryl methyl sites for hydroxylation is 1. The summed E-state index contributed by atoms with van der Waals surface area (Å²) in [5.74, 6) is 0.207. The first kappa shape index (κ1) is 14.8. The molecule has 0 amide bonds. The topological polar surface area (TPSA) is 61.5 Å². The minimum Gasteiger partial charge on any atom is -0.492 e. The molecule has 0 aliphatic rings. The van der Waals surface area contributed by atoms with Gasteiger partial charge in [-0.1, -0.05) is 11.6 Å². The van der Waals surface area contributed by atoms with Gasteiger partial charge in [0.1, 0.15) is 18.4 Å². The third-order valence-corrected chi connectivity index (χ3v) is 2.73. The van der Waals surface area contributed by atoms with Crippen LogP contribution in [0.2, 0.25) is 5.02 Å². The molecule has 0 bridgehead atoms. The predicted molar refractivity (Wildman–Crippen MR) is 70.8 cm³/mol.